The maximum Gasteiger partial charge on any atom is 0.0609 e. The van der Waals surface area contributed by atoms with Crippen molar-refractivity contribution in [3.63, 3.8) is 0 Å². The van der Waals surface area contributed by atoms with Gasteiger partial charge < -0.3 is 4.74 Å². The summed E-state index contributed by atoms with van der Waals surface area (Å²) >= 11 is 0. The highest BCUT2D eigenvalue weighted by Crippen LogP contribution is 2.63. The summed E-state index contributed by atoms with van der Waals surface area (Å²) in [5, 5.41) is 0. The van der Waals surface area contributed by atoms with Gasteiger partial charge in [-0.15, -0.1) is 0 Å². The van der Waals surface area contributed by atoms with Crippen molar-refractivity contribution in [2.75, 3.05) is 0 Å². The minimum Gasteiger partial charge on any atom is -0.374 e. The third kappa shape index (κ3) is 12.3. The number of hydrogen-bond donors (Lipinski definition) is 0. The van der Waals surface area contributed by atoms with Gasteiger partial charge in [-0.05, 0) is 213 Å². The van der Waals surface area contributed by atoms with Crippen LogP contribution in [0.3, 0.4) is 0 Å². The molecule has 2 heterocycles. The van der Waals surface area contributed by atoms with Gasteiger partial charge in [0.25, 0.3) is 0 Å². The molecule has 0 spiro atoms. The van der Waals surface area contributed by atoms with E-state index in [1.54, 1.807) is 6.42 Å². The van der Waals surface area contributed by atoms with E-state index in [0.29, 0.717) is 17.6 Å². The molecule has 0 aromatic rings. The van der Waals surface area contributed by atoms with Crippen LogP contribution in [-0.4, -0.2) is 12.2 Å². The van der Waals surface area contributed by atoms with E-state index in [4.69, 9.17) is 4.74 Å². The van der Waals surface area contributed by atoms with E-state index in [2.05, 4.69) is 123 Å². The molecular formula is C62H112O. The van der Waals surface area contributed by atoms with E-state index < -0.39 is 0 Å². The van der Waals surface area contributed by atoms with Gasteiger partial charge in [-0.25, -0.2) is 0 Å². The summed E-state index contributed by atoms with van der Waals surface area (Å²) in [6, 6.07) is 0. The lowest BCUT2D eigenvalue weighted by molar-refractivity contribution is -0.124. The van der Waals surface area contributed by atoms with Crippen LogP contribution in [0.1, 0.15) is 233 Å². The third-order valence-electron chi connectivity index (χ3n) is 23.9. The van der Waals surface area contributed by atoms with E-state index >= 15 is 0 Å². The Morgan fingerprint density at radius 3 is 0.952 bits per heavy atom. The molecule has 10 bridgehead atoms. The van der Waals surface area contributed by atoms with Crippen LogP contribution in [0.25, 0.3) is 0 Å². The largest absolute Gasteiger partial charge is 0.374 e. The standard InChI is InChI=1S/C11H20.C10H18.C9H16.C9H14.C8H14O.C8H16.C7H14/c1-7-5-9-6-10(8(7)2)11(9,3)4;1-7-8(2)10-5-3-9(7)4-6-10;2*1-6-7(2)9-4-3-8(6)5-9;1-5-6(2)8-4-3-7(5)9-8;1-7-5-3-4-6-8(7)2;1-6-4-3-5-7(6)2/h7-10H,5-6H2,1-4H3;7-10H,3-6H2,1-2H3;6-9H,3-5H2,1-2H3;3-4,6-9H,5H2,1-2H3;5-8H,3-4H2,1-2H3;7-8H,3-6H2,1-2H3;6-7H,3-5H2,1-2H3. The minimum atomic E-state index is 0.616. The highest BCUT2D eigenvalue weighted by atomic mass is 16.5. The number of hydrogen-bond acceptors (Lipinski definition) is 1. The first kappa shape index (κ1) is 52.1. The maximum atomic E-state index is 5.70. The summed E-state index contributed by atoms with van der Waals surface area (Å²) in [7, 11) is 0. The molecule has 1 heteroatoms. The Labute approximate surface area is 395 Å². The molecule has 13 fully saturated rings. The van der Waals surface area contributed by atoms with Gasteiger partial charge in [0.15, 0.2) is 0 Å². The van der Waals surface area contributed by atoms with Gasteiger partial charge in [-0.3, -0.25) is 0 Å². The summed E-state index contributed by atoms with van der Waals surface area (Å²) in [5.74, 6) is 22.1. The van der Waals surface area contributed by atoms with Gasteiger partial charge in [-0.2, -0.15) is 0 Å². The Morgan fingerprint density at radius 2 is 0.714 bits per heavy atom. The molecule has 0 N–H and O–H groups in total. The SMILES string of the molecule is CC1C2C=CC(C2)C1C.CC1C2CCC(C2)C1C.CC1C2CCC(CC2)C1C.CC1C2CCC(O2)C1C.CC1CC2CC(C1C)C2(C)C.CC1CCCC1C.CC1CCCCC1C. The molecule has 11 saturated carbocycles. The Balaban J connectivity index is 0.000000123. The quantitative estimate of drug-likeness (QED) is 0.220. The lowest BCUT2D eigenvalue weighted by atomic mass is 9.44. The number of allylic oxidation sites excluding steroid dienone is 2. The predicted molar refractivity (Wildman–Crippen MR) is 276 cm³/mol. The molecule has 12 aliphatic carbocycles. The van der Waals surface area contributed by atoms with Gasteiger partial charge in [0.2, 0.25) is 0 Å². The van der Waals surface area contributed by atoms with Crippen LogP contribution < -0.4 is 0 Å². The second-order valence-electron chi connectivity index (χ2n) is 27.2. The molecule has 14 rings (SSSR count). The van der Waals surface area contributed by atoms with E-state index in [0.717, 1.165) is 130 Å². The van der Waals surface area contributed by atoms with Gasteiger partial charge in [0.1, 0.15) is 0 Å². The molecule has 0 aromatic carbocycles. The van der Waals surface area contributed by atoms with Crippen molar-refractivity contribution in [1.82, 2.24) is 0 Å². The second kappa shape index (κ2) is 22.9. The molecule has 22 atom stereocenters. The topological polar surface area (TPSA) is 9.23 Å². The van der Waals surface area contributed by atoms with Gasteiger partial charge in [0, 0.05) is 0 Å². The number of ether oxygens (including phenoxy) is 1. The Bertz CT molecular complexity index is 1250. The van der Waals surface area contributed by atoms with E-state index in [1.807, 2.05) is 0 Å². The van der Waals surface area contributed by atoms with Crippen molar-refractivity contribution < 1.29 is 4.74 Å². The van der Waals surface area contributed by atoms with Crippen LogP contribution in [0.4, 0.5) is 0 Å². The molecule has 2 aliphatic heterocycles. The third-order valence-corrected chi connectivity index (χ3v) is 23.9. The van der Waals surface area contributed by atoms with Crippen molar-refractivity contribution >= 4 is 0 Å². The lowest BCUT2D eigenvalue weighted by Crippen LogP contribution is -2.54. The summed E-state index contributed by atoms with van der Waals surface area (Å²) < 4.78 is 5.70. The monoisotopic (exact) mass is 873 g/mol. The molecule has 63 heavy (non-hydrogen) atoms. The van der Waals surface area contributed by atoms with Crippen molar-refractivity contribution in [1.29, 1.82) is 0 Å². The first-order valence-electron chi connectivity index (χ1n) is 29.1. The highest BCUT2D eigenvalue weighted by Gasteiger charge is 2.55. The van der Waals surface area contributed by atoms with E-state index in [-0.39, 0.29) is 0 Å². The molecule has 366 valence electrons. The molecule has 14 aliphatic rings. The zero-order valence-corrected chi connectivity index (χ0v) is 45.4. The normalized spacial score (nSPS) is 51.6. The van der Waals surface area contributed by atoms with Crippen molar-refractivity contribution in [2.45, 2.75) is 245 Å². The summed E-state index contributed by atoms with van der Waals surface area (Å²) in [6.07, 6.45) is 34.3. The molecule has 0 aromatic heterocycles. The van der Waals surface area contributed by atoms with Crippen molar-refractivity contribution in [3.8, 4) is 0 Å². The van der Waals surface area contributed by atoms with Gasteiger partial charge in [0.05, 0.1) is 12.2 Å². The Morgan fingerprint density at radius 1 is 0.333 bits per heavy atom. The fourth-order valence-electron chi connectivity index (χ4n) is 16.6. The predicted octanol–water partition coefficient (Wildman–Crippen LogP) is 18.7. The highest BCUT2D eigenvalue weighted by molar-refractivity contribution is 5.11. The summed E-state index contributed by atoms with van der Waals surface area (Å²) in [4.78, 5) is 0. The molecular weight excluding hydrogens is 761 g/mol. The lowest BCUT2D eigenvalue weighted by Gasteiger charge is -2.61. The second-order valence-corrected chi connectivity index (χ2v) is 27.2. The minimum absolute atomic E-state index is 0.616. The van der Waals surface area contributed by atoms with Crippen LogP contribution in [0.15, 0.2) is 12.2 Å². The fourth-order valence-corrected chi connectivity index (χ4v) is 16.6. The van der Waals surface area contributed by atoms with E-state index in [9.17, 15) is 0 Å². The Hall–Kier alpha value is -0.300. The fraction of sp³-hybridized carbons (Fsp3) is 0.968. The van der Waals surface area contributed by atoms with Crippen LogP contribution in [0.5, 0.6) is 0 Å². The first-order valence-corrected chi connectivity index (χ1v) is 29.1. The van der Waals surface area contributed by atoms with Gasteiger partial charge in [-0.1, -0.05) is 168 Å². The molecule has 22 unspecified atom stereocenters. The average molecular weight is 874 g/mol. The van der Waals surface area contributed by atoms with Crippen molar-refractivity contribution in [3.05, 3.63) is 12.2 Å². The molecule has 1 nitrogen and oxygen atoms in total. The zero-order valence-electron chi connectivity index (χ0n) is 45.4. The summed E-state index contributed by atoms with van der Waals surface area (Å²) in [5.41, 5.74) is 0.686. The van der Waals surface area contributed by atoms with Crippen LogP contribution >= 0.6 is 0 Å². The smallest absolute Gasteiger partial charge is 0.0609 e. The average Bonchev–Trinajstić information content (AvgIpc) is 4.17. The van der Waals surface area contributed by atoms with Crippen LogP contribution in [0, 0.1) is 136 Å². The van der Waals surface area contributed by atoms with Crippen molar-refractivity contribution in [2.24, 2.45) is 136 Å². The number of fused-ring (bicyclic) bond motifs is 11. The number of rotatable bonds is 0. The zero-order chi connectivity index (χ0) is 45.9. The Kier molecular flexibility index (Phi) is 18.9. The van der Waals surface area contributed by atoms with Gasteiger partial charge >= 0.3 is 0 Å². The molecule has 0 radical (unpaired) electrons. The summed E-state index contributed by atoms with van der Waals surface area (Å²) in [6.45, 7) is 38.5. The van der Waals surface area contributed by atoms with Crippen LogP contribution in [-0.2, 0) is 4.74 Å². The van der Waals surface area contributed by atoms with Crippen LogP contribution in [0.2, 0.25) is 0 Å². The maximum absolute atomic E-state index is 5.70. The van der Waals surface area contributed by atoms with E-state index in [1.165, 1.54) is 116 Å². The molecule has 0 amide bonds. The molecule has 2 saturated heterocycles. The first-order chi connectivity index (χ1) is 29.8.